The second-order valence-corrected chi connectivity index (χ2v) is 9.04. The van der Waals surface area contributed by atoms with E-state index in [0.717, 1.165) is 81.6 Å². The third-order valence-corrected chi connectivity index (χ3v) is 6.51. The van der Waals surface area contributed by atoms with Crippen LogP contribution < -0.4 is 5.32 Å². The van der Waals surface area contributed by atoms with E-state index in [1.54, 1.807) is 12.3 Å². The van der Waals surface area contributed by atoms with Gasteiger partial charge in [-0.25, -0.2) is 10.0 Å². The molecule has 2 aromatic rings. The van der Waals surface area contributed by atoms with Gasteiger partial charge in [0, 0.05) is 49.2 Å². The van der Waals surface area contributed by atoms with Crippen molar-refractivity contribution in [3.63, 3.8) is 0 Å². The molecule has 7 nitrogen and oxygen atoms in total. The smallest absolute Gasteiger partial charge is 0.379 e. The maximum absolute atomic E-state index is 13.1. The number of carbonyl (C=O) groups excluding carboxylic acids is 1. The summed E-state index contributed by atoms with van der Waals surface area (Å²) in [5.74, 6) is 0.246. The van der Waals surface area contributed by atoms with Crippen molar-refractivity contribution in [2.75, 3.05) is 51.3 Å². The fraction of sp³-hybridized carbons (Fsp3) is 0.333. The van der Waals surface area contributed by atoms with Crippen molar-refractivity contribution in [1.82, 2.24) is 14.9 Å². The molecule has 0 bridgehead atoms. The number of benzene rings is 2. The molecule has 0 spiro atoms. The summed E-state index contributed by atoms with van der Waals surface area (Å²) in [6.07, 6.45) is 2.24. The van der Waals surface area contributed by atoms with Crippen molar-refractivity contribution in [2.45, 2.75) is 12.6 Å². The standard InChI is InChI=1S/C27H28F3N5O2/c28-27(29,30)22-6-1-5-21(18-22)26(36)32-23-7-2-4-20(19-23)24-8-10-31-25-9-13-34(35(24)25)12-3-11-33-14-16-37-17-15-33/h1-2,4-10,18-19H,3,11-17H2,(H,32,36). The summed E-state index contributed by atoms with van der Waals surface area (Å²) in [5.41, 5.74) is 1.36. The SMILES string of the molecule is O=C(Nc1cccc(C2=CC=NC3=CCN(CCCN4CCOCC4)N32)c1)c1cccc(C(F)(F)F)c1. The second-order valence-electron chi connectivity index (χ2n) is 9.04. The Kier molecular flexibility index (Phi) is 7.40. The van der Waals surface area contributed by atoms with Crippen LogP contribution in [0.25, 0.3) is 5.70 Å². The van der Waals surface area contributed by atoms with Gasteiger partial charge >= 0.3 is 6.18 Å². The third-order valence-electron chi connectivity index (χ3n) is 6.51. The van der Waals surface area contributed by atoms with Gasteiger partial charge in [-0.05, 0) is 55.4 Å². The van der Waals surface area contributed by atoms with Crippen LogP contribution in [-0.2, 0) is 10.9 Å². The summed E-state index contributed by atoms with van der Waals surface area (Å²) in [6, 6.07) is 11.7. The number of alkyl halides is 3. The number of rotatable bonds is 7. The Morgan fingerprint density at radius 3 is 2.68 bits per heavy atom. The second kappa shape index (κ2) is 10.9. The van der Waals surface area contributed by atoms with Crippen LogP contribution in [0.2, 0.25) is 0 Å². The van der Waals surface area contributed by atoms with Crippen molar-refractivity contribution in [3.05, 3.63) is 83.2 Å². The average molecular weight is 512 g/mol. The van der Waals surface area contributed by atoms with E-state index in [4.69, 9.17) is 4.74 Å². The number of nitrogens with zero attached hydrogens (tertiary/aromatic N) is 4. The highest BCUT2D eigenvalue weighted by Gasteiger charge is 2.31. The number of aliphatic imine (C=N–C) groups is 1. The maximum atomic E-state index is 13.1. The molecular formula is C27H28F3N5O2. The predicted octanol–water partition coefficient (Wildman–Crippen LogP) is 4.48. The summed E-state index contributed by atoms with van der Waals surface area (Å²) in [4.78, 5) is 19.6. The van der Waals surface area contributed by atoms with Gasteiger partial charge in [0.2, 0.25) is 0 Å². The Bertz CT molecular complexity index is 1230. The van der Waals surface area contributed by atoms with Gasteiger partial charge in [-0.3, -0.25) is 14.7 Å². The monoisotopic (exact) mass is 511 g/mol. The predicted molar refractivity (Wildman–Crippen MR) is 136 cm³/mol. The Morgan fingerprint density at radius 1 is 1.05 bits per heavy atom. The lowest BCUT2D eigenvalue weighted by Gasteiger charge is -2.35. The molecule has 1 fully saturated rings. The van der Waals surface area contributed by atoms with Gasteiger partial charge in [-0.15, -0.1) is 0 Å². The van der Waals surface area contributed by atoms with Gasteiger partial charge in [0.1, 0.15) is 5.82 Å². The van der Waals surface area contributed by atoms with Crippen LogP contribution in [0.15, 0.2) is 71.5 Å². The van der Waals surface area contributed by atoms with Crippen LogP contribution in [0, 0.1) is 0 Å². The topological polar surface area (TPSA) is 60.4 Å². The first-order valence-electron chi connectivity index (χ1n) is 12.3. The first-order valence-corrected chi connectivity index (χ1v) is 12.3. The van der Waals surface area contributed by atoms with Crippen molar-refractivity contribution in [2.24, 2.45) is 4.99 Å². The van der Waals surface area contributed by atoms with Gasteiger partial charge in [0.25, 0.3) is 5.91 Å². The molecule has 1 saturated heterocycles. The zero-order valence-electron chi connectivity index (χ0n) is 20.2. The molecule has 0 aromatic heterocycles. The lowest BCUT2D eigenvalue weighted by molar-refractivity contribution is -0.137. The lowest BCUT2D eigenvalue weighted by Crippen LogP contribution is -2.41. The average Bonchev–Trinajstić information content (AvgIpc) is 3.32. The number of anilines is 1. The van der Waals surface area contributed by atoms with E-state index in [1.807, 2.05) is 24.3 Å². The van der Waals surface area contributed by atoms with Crippen LogP contribution in [0.5, 0.6) is 0 Å². The summed E-state index contributed by atoms with van der Waals surface area (Å²) in [7, 11) is 0. The number of carbonyl (C=O) groups is 1. The van der Waals surface area contributed by atoms with Gasteiger partial charge in [-0.2, -0.15) is 13.2 Å². The number of hydrogen-bond donors (Lipinski definition) is 1. The van der Waals surface area contributed by atoms with E-state index >= 15 is 0 Å². The van der Waals surface area contributed by atoms with E-state index in [-0.39, 0.29) is 5.56 Å². The van der Waals surface area contributed by atoms with Crippen LogP contribution in [-0.4, -0.2) is 73.0 Å². The van der Waals surface area contributed by atoms with Gasteiger partial charge in [-0.1, -0.05) is 18.2 Å². The Morgan fingerprint density at radius 2 is 1.86 bits per heavy atom. The number of ether oxygens (including phenoxy) is 1. The zero-order valence-corrected chi connectivity index (χ0v) is 20.2. The molecule has 37 heavy (non-hydrogen) atoms. The first kappa shape index (κ1) is 25.2. The third kappa shape index (κ3) is 5.93. The molecule has 3 aliphatic heterocycles. The molecule has 1 amide bonds. The fourth-order valence-corrected chi connectivity index (χ4v) is 4.65. The highest BCUT2D eigenvalue weighted by Crippen LogP contribution is 2.33. The molecular weight excluding hydrogens is 483 g/mol. The molecule has 10 heteroatoms. The number of hydrazine groups is 1. The van der Waals surface area contributed by atoms with E-state index in [1.165, 1.54) is 12.1 Å². The van der Waals surface area contributed by atoms with Crippen molar-refractivity contribution < 1.29 is 22.7 Å². The number of amides is 1. The summed E-state index contributed by atoms with van der Waals surface area (Å²) in [6.45, 7) is 6.09. The number of morpholine rings is 1. The fourth-order valence-electron chi connectivity index (χ4n) is 4.65. The van der Waals surface area contributed by atoms with Crippen LogP contribution in [0.1, 0.15) is 27.9 Å². The summed E-state index contributed by atoms with van der Waals surface area (Å²) in [5, 5.41) is 7.06. The quantitative estimate of drug-likeness (QED) is 0.594. The molecule has 5 rings (SSSR count). The molecule has 0 unspecified atom stereocenters. The largest absolute Gasteiger partial charge is 0.416 e. The van der Waals surface area contributed by atoms with Crippen LogP contribution in [0.3, 0.4) is 0 Å². The molecule has 0 atom stereocenters. The number of allylic oxidation sites excluding steroid dienone is 1. The molecule has 0 radical (unpaired) electrons. The number of nitrogens with one attached hydrogen (secondary N) is 1. The Balaban J connectivity index is 1.27. The first-order chi connectivity index (χ1) is 17.9. The number of fused-ring (bicyclic) bond motifs is 1. The normalized spacial score (nSPS) is 18.4. The number of halogens is 3. The highest BCUT2D eigenvalue weighted by atomic mass is 19.4. The van der Waals surface area contributed by atoms with Crippen LogP contribution >= 0.6 is 0 Å². The van der Waals surface area contributed by atoms with Crippen molar-refractivity contribution >= 4 is 23.5 Å². The maximum Gasteiger partial charge on any atom is 0.416 e. The summed E-state index contributed by atoms with van der Waals surface area (Å²) >= 11 is 0. The number of hydrogen-bond acceptors (Lipinski definition) is 6. The molecule has 0 aliphatic carbocycles. The van der Waals surface area contributed by atoms with Crippen molar-refractivity contribution in [1.29, 1.82) is 0 Å². The van der Waals surface area contributed by atoms with Crippen LogP contribution in [0.4, 0.5) is 18.9 Å². The molecule has 1 N–H and O–H groups in total. The summed E-state index contributed by atoms with van der Waals surface area (Å²) < 4.78 is 44.6. The Hall–Kier alpha value is -3.47. The van der Waals surface area contributed by atoms with E-state index < -0.39 is 17.6 Å². The Labute approximate surface area is 213 Å². The minimum absolute atomic E-state index is 0.0551. The van der Waals surface area contributed by atoms with Crippen molar-refractivity contribution in [3.8, 4) is 0 Å². The van der Waals surface area contributed by atoms with E-state index in [9.17, 15) is 18.0 Å². The van der Waals surface area contributed by atoms with E-state index in [2.05, 4.69) is 31.3 Å². The van der Waals surface area contributed by atoms with Gasteiger partial charge in [0.05, 0.1) is 24.5 Å². The minimum atomic E-state index is -4.51. The molecule has 2 aromatic carbocycles. The zero-order chi connectivity index (χ0) is 25.8. The van der Waals surface area contributed by atoms with E-state index in [0.29, 0.717) is 5.69 Å². The van der Waals surface area contributed by atoms with Gasteiger partial charge in [0.15, 0.2) is 0 Å². The lowest BCUT2D eigenvalue weighted by atomic mass is 10.1. The van der Waals surface area contributed by atoms with Gasteiger partial charge < -0.3 is 10.1 Å². The minimum Gasteiger partial charge on any atom is -0.379 e. The molecule has 0 saturated carbocycles. The molecule has 194 valence electrons. The highest BCUT2D eigenvalue weighted by molar-refractivity contribution is 6.04. The molecule has 3 heterocycles. The molecule has 3 aliphatic rings.